The van der Waals surface area contributed by atoms with Crippen molar-refractivity contribution in [2.75, 3.05) is 6.61 Å². The predicted molar refractivity (Wildman–Crippen MR) is 110 cm³/mol. The van der Waals surface area contributed by atoms with Crippen LogP contribution in [0.1, 0.15) is 36.8 Å². The Labute approximate surface area is 182 Å². The van der Waals surface area contributed by atoms with E-state index < -0.39 is 40.0 Å². The molecule has 0 radical (unpaired) electrons. The average Bonchev–Trinajstić information content (AvgIpc) is 3.22. The lowest BCUT2D eigenvalue weighted by molar-refractivity contribution is -0.123. The molecule has 0 fully saturated rings. The van der Waals surface area contributed by atoms with Gasteiger partial charge in [-0.05, 0) is 42.5 Å². The van der Waals surface area contributed by atoms with E-state index in [1.165, 1.54) is 41.0 Å². The molecule has 0 aliphatic carbocycles. The zero-order valence-electron chi connectivity index (χ0n) is 16.7. The molecule has 3 aromatic rings. The monoisotopic (exact) mass is 452 g/mol. The van der Waals surface area contributed by atoms with Crippen LogP contribution < -0.4 is 5.32 Å². The Kier molecular flexibility index (Phi) is 5.23. The number of amides is 2. The number of hydrogen-bond acceptors (Lipinski definition) is 7. The molecule has 0 unspecified atom stereocenters. The van der Waals surface area contributed by atoms with Gasteiger partial charge >= 0.3 is 5.97 Å². The van der Waals surface area contributed by atoms with Crippen molar-refractivity contribution in [1.29, 1.82) is 0 Å². The second-order valence-electron chi connectivity index (χ2n) is 7.00. The third-order valence-corrected chi connectivity index (χ3v) is 6.79. The van der Waals surface area contributed by atoms with Crippen LogP contribution in [0.2, 0.25) is 0 Å². The Bertz CT molecular complexity index is 1400. The van der Waals surface area contributed by atoms with E-state index in [-0.39, 0.29) is 32.2 Å². The van der Waals surface area contributed by atoms with Gasteiger partial charge in [-0.3, -0.25) is 19.7 Å². The van der Waals surface area contributed by atoms with Crippen molar-refractivity contribution in [3.05, 3.63) is 83.2 Å². The highest BCUT2D eigenvalue weighted by Gasteiger charge is 2.35. The molecule has 1 aliphatic heterocycles. The zero-order valence-corrected chi connectivity index (χ0v) is 17.5. The molecule has 4 rings (SSSR count). The first-order valence-electron chi connectivity index (χ1n) is 9.35. The smallest absolute Gasteiger partial charge is 0.338 e. The number of aromatic nitrogens is 1. The fourth-order valence-corrected chi connectivity index (χ4v) is 5.03. The molecule has 0 atom stereocenters. The minimum atomic E-state index is -4.02. The molecule has 162 valence electrons. The molecule has 0 saturated heterocycles. The van der Waals surface area contributed by atoms with E-state index in [9.17, 15) is 27.6 Å². The number of carbonyl (C=O) groups excluding carboxylic acids is 4. The number of carbonyl (C=O) groups is 4. The molecule has 0 bridgehead atoms. The minimum absolute atomic E-state index is 0.0499. The van der Waals surface area contributed by atoms with Crippen molar-refractivity contribution < 1.29 is 32.3 Å². The van der Waals surface area contributed by atoms with Crippen molar-refractivity contribution in [2.45, 2.75) is 9.79 Å². The van der Waals surface area contributed by atoms with E-state index >= 15 is 0 Å². The van der Waals surface area contributed by atoms with Crippen molar-refractivity contribution in [1.82, 2.24) is 9.88 Å². The number of hydrogen-bond donors (Lipinski definition) is 1. The molecule has 1 aromatic heterocycles. The summed E-state index contributed by atoms with van der Waals surface area (Å²) in [6.07, 6.45) is 1.63. The maximum atomic E-state index is 12.9. The number of rotatable bonds is 4. The highest BCUT2D eigenvalue weighted by molar-refractivity contribution is 7.91. The van der Waals surface area contributed by atoms with Crippen LogP contribution in [0, 0.1) is 0 Å². The van der Waals surface area contributed by atoms with Crippen molar-refractivity contribution in [2.24, 2.45) is 7.05 Å². The summed E-state index contributed by atoms with van der Waals surface area (Å²) < 4.78 is 32.3. The summed E-state index contributed by atoms with van der Waals surface area (Å²) in [6.45, 7) is -0.749. The van der Waals surface area contributed by atoms with Gasteiger partial charge in [-0.2, -0.15) is 0 Å². The standard InChI is InChI=1S/C22H16N2O7S/c1-24-10-4-6-16(24)21(27)23-19(25)12-31-22(28)13-8-9-15-18(11-13)32(29,30)17-7-3-2-5-14(17)20(15)26/h2-11H,12H2,1H3,(H,23,25,27). The zero-order chi connectivity index (χ0) is 23.0. The largest absolute Gasteiger partial charge is 0.452 e. The molecule has 2 aromatic carbocycles. The molecule has 1 N–H and O–H groups in total. The number of imide groups is 1. The van der Waals surface area contributed by atoms with Crippen LogP contribution >= 0.6 is 0 Å². The van der Waals surface area contributed by atoms with Gasteiger partial charge in [0.1, 0.15) is 5.69 Å². The lowest BCUT2D eigenvalue weighted by Gasteiger charge is -2.19. The number of aryl methyl sites for hydroxylation is 1. The maximum absolute atomic E-state index is 12.9. The molecular formula is C22H16N2O7S. The molecule has 2 heterocycles. The summed E-state index contributed by atoms with van der Waals surface area (Å²) in [7, 11) is -2.39. The second kappa shape index (κ2) is 7.89. The normalized spacial score (nSPS) is 13.6. The minimum Gasteiger partial charge on any atom is -0.452 e. The van der Waals surface area contributed by atoms with Crippen LogP contribution in [0.3, 0.4) is 0 Å². The Morgan fingerprint density at radius 3 is 2.41 bits per heavy atom. The number of nitrogens with one attached hydrogen (secondary N) is 1. The first-order chi connectivity index (χ1) is 15.2. The maximum Gasteiger partial charge on any atom is 0.338 e. The molecule has 2 amide bonds. The highest BCUT2D eigenvalue weighted by Crippen LogP contribution is 2.34. The molecule has 1 aliphatic rings. The van der Waals surface area contributed by atoms with Crippen LogP contribution in [0.4, 0.5) is 0 Å². The van der Waals surface area contributed by atoms with Crippen molar-refractivity contribution in [3.8, 4) is 0 Å². The summed E-state index contributed by atoms with van der Waals surface area (Å²) in [5.74, 6) is -2.95. The van der Waals surface area contributed by atoms with E-state index in [0.717, 1.165) is 6.07 Å². The average molecular weight is 452 g/mol. The van der Waals surface area contributed by atoms with Gasteiger partial charge in [0.2, 0.25) is 9.84 Å². The summed E-state index contributed by atoms with van der Waals surface area (Å²) in [5, 5.41) is 2.09. The summed E-state index contributed by atoms with van der Waals surface area (Å²) in [4.78, 5) is 48.6. The number of ether oxygens (including phenoxy) is 1. The number of nitrogens with zero attached hydrogens (tertiary/aromatic N) is 1. The third-order valence-electron chi connectivity index (χ3n) is 4.94. The van der Waals surface area contributed by atoms with Gasteiger partial charge in [0.15, 0.2) is 12.4 Å². The lowest BCUT2D eigenvalue weighted by Crippen LogP contribution is -2.35. The van der Waals surface area contributed by atoms with Gasteiger partial charge in [0.25, 0.3) is 11.8 Å². The Balaban J connectivity index is 1.50. The molecule has 9 nitrogen and oxygen atoms in total. The summed E-state index contributed by atoms with van der Waals surface area (Å²) in [6, 6.07) is 12.5. The highest BCUT2D eigenvalue weighted by atomic mass is 32.2. The first kappa shape index (κ1) is 21.2. The molecule has 0 saturated carbocycles. The second-order valence-corrected chi connectivity index (χ2v) is 8.88. The molecule has 10 heteroatoms. The van der Waals surface area contributed by atoms with Gasteiger partial charge in [0.05, 0.1) is 15.4 Å². The number of sulfone groups is 1. The van der Waals surface area contributed by atoms with E-state index in [0.29, 0.717) is 0 Å². The third kappa shape index (κ3) is 3.60. The SMILES string of the molecule is Cn1cccc1C(=O)NC(=O)COC(=O)c1ccc2c(c1)S(=O)(=O)c1ccccc1C2=O. The van der Waals surface area contributed by atoms with Crippen LogP contribution in [0.5, 0.6) is 0 Å². The summed E-state index contributed by atoms with van der Waals surface area (Å²) in [5.41, 5.74) is 0.108. The number of ketones is 1. The van der Waals surface area contributed by atoms with Crippen molar-refractivity contribution >= 4 is 33.4 Å². The van der Waals surface area contributed by atoms with Gasteiger partial charge in [0, 0.05) is 24.4 Å². The Morgan fingerprint density at radius 1 is 0.969 bits per heavy atom. The van der Waals surface area contributed by atoms with Crippen LogP contribution in [-0.4, -0.2) is 43.2 Å². The van der Waals surface area contributed by atoms with Gasteiger partial charge in [-0.15, -0.1) is 0 Å². The predicted octanol–water partition coefficient (Wildman–Crippen LogP) is 1.52. The first-order valence-corrected chi connectivity index (χ1v) is 10.8. The Morgan fingerprint density at radius 2 is 1.69 bits per heavy atom. The fraction of sp³-hybridized carbons (Fsp3) is 0.0909. The number of fused-ring (bicyclic) bond motifs is 2. The number of benzene rings is 2. The van der Waals surface area contributed by atoms with E-state index in [1.54, 1.807) is 25.4 Å². The topological polar surface area (TPSA) is 129 Å². The molecule has 32 heavy (non-hydrogen) atoms. The van der Waals surface area contributed by atoms with Crippen LogP contribution in [-0.2, 0) is 26.4 Å². The van der Waals surface area contributed by atoms with Crippen molar-refractivity contribution in [3.63, 3.8) is 0 Å². The van der Waals surface area contributed by atoms with Crippen LogP contribution in [0.15, 0.2) is 70.6 Å². The Hall–Kier alpha value is -4.05. The van der Waals surface area contributed by atoms with Gasteiger partial charge in [-0.1, -0.05) is 12.1 Å². The van der Waals surface area contributed by atoms with E-state index in [1.807, 2.05) is 0 Å². The van der Waals surface area contributed by atoms with Gasteiger partial charge < -0.3 is 9.30 Å². The van der Waals surface area contributed by atoms with Crippen LogP contribution in [0.25, 0.3) is 0 Å². The number of esters is 1. The quantitative estimate of drug-likeness (QED) is 0.465. The summed E-state index contributed by atoms with van der Waals surface area (Å²) >= 11 is 0. The molecular weight excluding hydrogens is 436 g/mol. The fourth-order valence-electron chi connectivity index (χ4n) is 3.35. The lowest BCUT2D eigenvalue weighted by atomic mass is 10.0. The molecule has 0 spiro atoms. The van der Waals surface area contributed by atoms with E-state index in [2.05, 4.69) is 5.32 Å². The van der Waals surface area contributed by atoms with E-state index in [4.69, 9.17) is 4.74 Å². The van der Waals surface area contributed by atoms with Gasteiger partial charge in [-0.25, -0.2) is 13.2 Å².